The van der Waals surface area contributed by atoms with Crippen LogP contribution in [0.15, 0.2) is 18.2 Å². The molecule has 1 heterocycles. The van der Waals surface area contributed by atoms with Crippen LogP contribution in [0.1, 0.15) is 16.8 Å². The Balaban J connectivity index is 2.88. The number of nitro benzene ring substituents is 1. The molecule has 21 heavy (non-hydrogen) atoms. The lowest BCUT2D eigenvalue weighted by Crippen LogP contribution is -2.03. The maximum absolute atomic E-state index is 10.9. The van der Waals surface area contributed by atoms with Gasteiger partial charge in [0.1, 0.15) is 17.5 Å². The molecule has 0 radical (unpaired) electrons. The molecule has 0 saturated heterocycles. The number of nitrogen functional groups attached to an aromatic ring is 1. The topological polar surface area (TPSA) is 106 Å². The number of aryl methyl sites for hydroxylation is 1. The molecule has 6 nitrogen and oxygen atoms in total. The zero-order valence-electron chi connectivity index (χ0n) is 11.3. The third kappa shape index (κ3) is 2.51. The molecule has 0 aliphatic carbocycles. The van der Waals surface area contributed by atoms with E-state index in [-0.39, 0.29) is 17.1 Å². The van der Waals surface area contributed by atoms with Crippen molar-refractivity contribution in [1.29, 1.82) is 5.26 Å². The lowest BCUT2D eigenvalue weighted by Gasteiger charge is -2.13. The van der Waals surface area contributed by atoms with Gasteiger partial charge in [0.25, 0.3) is 5.69 Å². The number of nitriles is 1. The maximum atomic E-state index is 10.9. The van der Waals surface area contributed by atoms with Crippen LogP contribution in [0.25, 0.3) is 11.1 Å². The summed E-state index contributed by atoms with van der Waals surface area (Å²) < 4.78 is 0. The average molecular weight is 303 g/mol. The third-order valence-electron chi connectivity index (χ3n) is 3.25. The van der Waals surface area contributed by atoms with Gasteiger partial charge in [-0.1, -0.05) is 11.6 Å². The molecule has 1 aromatic carbocycles. The smallest absolute Gasteiger partial charge is 0.270 e. The summed E-state index contributed by atoms with van der Waals surface area (Å²) in [6.07, 6.45) is 0. The van der Waals surface area contributed by atoms with E-state index in [1.54, 1.807) is 13.8 Å². The van der Waals surface area contributed by atoms with Crippen molar-refractivity contribution in [3.05, 3.63) is 50.2 Å². The van der Waals surface area contributed by atoms with Crippen molar-refractivity contribution in [2.45, 2.75) is 13.8 Å². The number of nitrogens with zero attached hydrogens (tertiary/aromatic N) is 3. The minimum Gasteiger partial charge on any atom is -0.383 e. The normalized spacial score (nSPS) is 10.2. The van der Waals surface area contributed by atoms with Gasteiger partial charge >= 0.3 is 0 Å². The summed E-state index contributed by atoms with van der Waals surface area (Å²) in [7, 11) is 0. The van der Waals surface area contributed by atoms with Gasteiger partial charge in [-0.2, -0.15) is 5.26 Å². The summed E-state index contributed by atoms with van der Waals surface area (Å²) in [5, 5.41) is 20.5. The standard InChI is InChI=1S/C14H11ClN4O2/c1-7-8(2)18-14(17)11(6-16)13(7)10-5-9(19(20)21)3-4-12(10)15/h3-5H,1-2H3,(H2,17,18). The fourth-order valence-electron chi connectivity index (χ4n) is 2.09. The summed E-state index contributed by atoms with van der Waals surface area (Å²) in [5.41, 5.74) is 8.07. The first-order chi connectivity index (χ1) is 9.86. The Hall–Kier alpha value is -2.65. The summed E-state index contributed by atoms with van der Waals surface area (Å²) in [6.45, 7) is 3.52. The van der Waals surface area contributed by atoms with E-state index in [0.29, 0.717) is 27.4 Å². The number of nitrogens with two attached hydrogens (primary N) is 1. The van der Waals surface area contributed by atoms with Gasteiger partial charge in [-0.25, -0.2) is 4.98 Å². The highest BCUT2D eigenvalue weighted by molar-refractivity contribution is 6.33. The van der Waals surface area contributed by atoms with Gasteiger partial charge in [0.2, 0.25) is 0 Å². The first-order valence-corrected chi connectivity index (χ1v) is 6.35. The first kappa shape index (κ1) is 14.8. The van der Waals surface area contributed by atoms with Crippen LogP contribution in [-0.4, -0.2) is 9.91 Å². The number of hydrogen-bond donors (Lipinski definition) is 1. The van der Waals surface area contributed by atoms with E-state index in [1.807, 2.05) is 6.07 Å². The van der Waals surface area contributed by atoms with Gasteiger partial charge in [0, 0.05) is 34.0 Å². The molecular weight excluding hydrogens is 292 g/mol. The Labute approximate surface area is 125 Å². The van der Waals surface area contributed by atoms with Crippen LogP contribution < -0.4 is 5.73 Å². The number of benzene rings is 1. The first-order valence-electron chi connectivity index (χ1n) is 5.98. The average Bonchev–Trinajstić information content (AvgIpc) is 2.43. The Morgan fingerprint density at radius 3 is 2.67 bits per heavy atom. The maximum Gasteiger partial charge on any atom is 0.270 e. The van der Waals surface area contributed by atoms with Crippen molar-refractivity contribution < 1.29 is 4.92 Å². The number of non-ortho nitro benzene ring substituents is 1. The Morgan fingerprint density at radius 1 is 1.43 bits per heavy atom. The Morgan fingerprint density at radius 2 is 2.10 bits per heavy atom. The number of pyridine rings is 1. The van der Waals surface area contributed by atoms with Gasteiger partial charge in [0.05, 0.1) is 4.92 Å². The fraction of sp³-hybridized carbons (Fsp3) is 0.143. The molecule has 1 aromatic heterocycles. The lowest BCUT2D eigenvalue weighted by molar-refractivity contribution is -0.384. The summed E-state index contributed by atoms with van der Waals surface area (Å²) in [4.78, 5) is 14.5. The third-order valence-corrected chi connectivity index (χ3v) is 3.58. The van der Waals surface area contributed by atoms with Crippen LogP contribution in [0, 0.1) is 35.3 Å². The van der Waals surface area contributed by atoms with Gasteiger partial charge in [-0.05, 0) is 25.5 Å². The molecule has 2 aromatic rings. The second kappa shape index (κ2) is 5.38. The SMILES string of the molecule is Cc1nc(N)c(C#N)c(-c2cc([N+](=O)[O-])ccc2Cl)c1C. The van der Waals surface area contributed by atoms with Gasteiger partial charge in [0.15, 0.2) is 0 Å². The predicted molar refractivity (Wildman–Crippen MR) is 79.9 cm³/mol. The van der Waals surface area contributed by atoms with E-state index in [4.69, 9.17) is 17.3 Å². The van der Waals surface area contributed by atoms with Crippen LogP contribution in [-0.2, 0) is 0 Å². The summed E-state index contributed by atoms with van der Waals surface area (Å²) in [6, 6.07) is 6.07. The lowest BCUT2D eigenvalue weighted by atomic mass is 9.95. The van der Waals surface area contributed by atoms with E-state index < -0.39 is 4.92 Å². The molecule has 0 saturated carbocycles. The number of nitro groups is 1. The summed E-state index contributed by atoms with van der Waals surface area (Å²) in [5.74, 6) is 0.0816. The highest BCUT2D eigenvalue weighted by Gasteiger charge is 2.20. The van der Waals surface area contributed by atoms with E-state index in [0.717, 1.165) is 0 Å². The Kier molecular flexibility index (Phi) is 3.78. The molecule has 0 amide bonds. The molecule has 2 N–H and O–H groups in total. The second-order valence-electron chi connectivity index (χ2n) is 4.49. The number of anilines is 1. The van der Waals surface area contributed by atoms with Gasteiger partial charge in [-0.15, -0.1) is 0 Å². The minimum absolute atomic E-state index is 0.0816. The van der Waals surface area contributed by atoms with E-state index >= 15 is 0 Å². The van der Waals surface area contributed by atoms with Crippen LogP contribution in [0.4, 0.5) is 11.5 Å². The molecule has 0 bridgehead atoms. The van der Waals surface area contributed by atoms with Crippen LogP contribution in [0.2, 0.25) is 5.02 Å². The number of rotatable bonds is 2. The zero-order valence-corrected chi connectivity index (χ0v) is 12.1. The van der Waals surface area contributed by atoms with Crippen LogP contribution in [0.3, 0.4) is 0 Å². The predicted octanol–water partition coefficient (Wildman–Crippen LogP) is 3.38. The van der Waals surface area contributed by atoms with Crippen molar-refractivity contribution in [3.63, 3.8) is 0 Å². The monoisotopic (exact) mass is 302 g/mol. The zero-order chi connectivity index (χ0) is 15.7. The molecule has 2 rings (SSSR count). The van der Waals surface area contributed by atoms with E-state index in [1.165, 1.54) is 18.2 Å². The number of halogens is 1. The highest BCUT2D eigenvalue weighted by Crippen LogP contribution is 2.37. The van der Waals surface area contributed by atoms with Crippen molar-refractivity contribution in [2.75, 3.05) is 5.73 Å². The van der Waals surface area contributed by atoms with Crippen molar-refractivity contribution in [2.24, 2.45) is 0 Å². The molecule has 106 valence electrons. The molecule has 0 aliphatic rings. The number of aromatic nitrogens is 1. The summed E-state index contributed by atoms with van der Waals surface area (Å²) >= 11 is 6.15. The van der Waals surface area contributed by atoms with E-state index in [9.17, 15) is 15.4 Å². The van der Waals surface area contributed by atoms with Gasteiger partial charge < -0.3 is 5.73 Å². The largest absolute Gasteiger partial charge is 0.383 e. The van der Waals surface area contributed by atoms with Crippen molar-refractivity contribution >= 4 is 23.1 Å². The fourth-order valence-corrected chi connectivity index (χ4v) is 2.30. The molecule has 7 heteroatoms. The minimum atomic E-state index is -0.515. The molecule has 0 fully saturated rings. The van der Waals surface area contributed by atoms with Crippen LogP contribution in [0.5, 0.6) is 0 Å². The second-order valence-corrected chi connectivity index (χ2v) is 4.90. The van der Waals surface area contributed by atoms with Crippen molar-refractivity contribution in [3.8, 4) is 17.2 Å². The molecule has 0 atom stereocenters. The number of hydrogen-bond acceptors (Lipinski definition) is 5. The Bertz CT molecular complexity index is 797. The highest BCUT2D eigenvalue weighted by atomic mass is 35.5. The molecule has 0 unspecified atom stereocenters. The molecular formula is C14H11ClN4O2. The van der Waals surface area contributed by atoms with E-state index in [2.05, 4.69) is 4.98 Å². The molecule has 0 spiro atoms. The van der Waals surface area contributed by atoms with Crippen molar-refractivity contribution in [1.82, 2.24) is 4.98 Å². The van der Waals surface area contributed by atoms with Gasteiger partial charge in [-0.3, -0.25) is 10.1 Å². The van der Waals surface area contributed by atoms with Crippen LogP contribution >= 0.6 is 11.6 Å². The molecule has 0 aliphatic heterocycles. The quantitative estimate of drug-likeness (QED) is 0.676.